The highest BCUT2D eigenvalue weighted by Gasteiger charge is 2.03. The summed E-state index contributed by atoms with van der Waals surface area (Å²) in [6, 6.07) is 7.52. The third kappa shape index (κ3) is 2.90. The maximum absolute atomic E-state index is 6.05. The molecule has 0 saturated carbocycles. The van der Waals surface area contributed by atoms with Crippen molar-refractivity contribution < 1.29 is 0 Å². The Hall–Kier alpha value is -1.26. The maximum atomic E-state index is 6.05. The number of nitrogens with zero attached hydrogens (tertiary/aromatic N) is 1. The SMILES string of the molecule is Cc1ccc(Nc2ncc(Br)cc2N)cc1Cl. The number of nitrogen functional groups attached to an aromatic ring is 1. The Balaban J connectivity index is 2.28. The Morgan fingerprint density at radius 2 is 2.12 bits per heavy atom. The molecule has 3 N–H and O–H groups in total. The number of pyridine rings is 1. The number of aryl methyl sites for hydroxylation is 1. The zero-order valence-corrected chi connectivity index (χ0v) is 11.5. The van der Waals surface area contributed by atoms with Gasteiger partial charge in [0.1, 0.15) is 0 Å². The summed E-state index contributed by atoms with van der Waals surface area (Å²) in [5.74, 6) is 0.619. The van der Waals surface area contributed by atoms with Gasteiger partial charge in [-0.2, -0.15) is 0 Å². The van der Waals surface area contributed by atoms with E-state index in [1.807, 2.05) is 25.1 Å². The van der Waals surface area contributed by atoms with Gasteiger partial charge in [-0.3, -0.25) is 0 Å². The normalized spacial score (nSPS) is 10.3. The third-order valence-electron chi connectivity index (χ3n) is 2.32. The molecule has 5 heteroatoms. The molecule has 88 valence electrons. The molecule has 0 aliphatic heterocycles. The van der Waals surface area contributed by atoms with Crippen molar-refractivity contribution >= 4 is 44.7 Å². The van der Waals surface area contributed by atoms with Crippen molar-refractivity contribution in [3.63, 3.8) is 0 Å². The molecule has 2 aromatic rings. The van der Waals surface area contributed by atoms with Gasteiger partial charge in [0.05, 0.1) is 5.69 Å². The average Bonchev–Trinajstić information content (AvgIpc) is 2.27. The van der Waals surface area contributed by atoms with Crippen LogP contribution in [0.15, 0.2) is 34.9 Å². The fourth-order valence-corrected chi connectivity index (χ4v) is 1.90. The molecule has 0 aliphatic rings. The first-order chi connectivity index (χ1) is 8.06. The molecule has 0 spiro atoms. The van der Waals surface area contributed by atoms with Crippen LogP contribution in [-0.2, 0) is 0 Å². The number of hydrogen-bond donors (Lipinski definition) is 2. The summed E-state index contributed by atoms with van der Waals surface area (Å²) in [7, 11) is 0. The summed E-state index contributed by atoms with van der Waals surface area (Å²) in [6.45, 7) is 1.96. The second-order valence-electron chi connectivity index (χ2n) is 3.68. The van der Waals surface area contributed by atoms with E-state index in [9.17, 15) is 0 Å². The van der Waals surface area contributed by atoms with Gasteiger partial charge in [-0.25, -0.2) is 4.98 Å². The average molecular weight is 313 g/mol. The first-order valence-corrected chi connectivity index (χ1v) is 6.17. The first kappa shape index (κ1) is 12.2. The Kier molecular flexibility index (Phi) is 3.54. The van der Waals surface area contributed by atoms with E-state index < -0.39 is 0 Å². The number of anilines is 3. The molecular formula is C12H11BrClN3. The van der Waals surface area contributed by atoms with Gasteiger partial charge in [-0.1, -0.05) is 17.7 Å². The number of rotatable bonds is 2. The number of nitrogens with one attached hydrogen (secondary N) is 1. The van der Waals surface area contributed by atoms with Crippen LogP contribution >= 0.6 is 27.5 Å². The molecule has 0 amide bonds. The van der Waals surface area contributed by atoms with Crippen LogP contribution in [0.4, 0.5) is 17.2 Å². The topological polar surface area (TPSA) is 50.9 Å². The molecule has 0 saturated heterocycles. The number of aromatic nitrogens is 1. The fraction of sp³-hybridized carbons (Fsp3) is 0.0833. The lowest BCUT2D eigenvalue weighted by Gasteiger charge is -2.09. The summed E-state index contributed by atoms with van der Waals surface area (Å²) in [5.41, 5.74) is 8.33. The highest BCUT2D eigenvalue weighted by molar-refractivity contribution is 9.10. The third-order valence-corrected chi connectivity index (χ3v) is 3.16. The first-order valence-electron chi connectivity index (χ1n) is 5.00. The van der Waals surface area contributed by atoms with E-state index in [2.05, 4.69) is 26.2 Å². The van der Waals surface area contributed by atoms with Gasteiger partial charge < -0.3 is 11.1 Å². The molecule has 2 rings (SSSR count). The van der Waals surface area contributed by atoms with Crippen LogP contribution in [0.2, 0.25) is 5.02 Å². The van der Waals surface area contributed by atoms with Crippen LogP contribution in [0.1, 0.15) is 5.56 Å². The lowest BCUT2D eigenvalue weighted by molar-refractivity contribution is 1.29. The van der Waals surface area contributed by atoms with E-state index in [1.54, 1.807) is 12.3 Å². The van der Waals surface area contributed by atoms with Crippen LogP contribution in [0.3, 0.4) is 0 Å². The van der Waals surface area contributed by atoms with Crippen LogP contribution in [0.5, 0.6) is 0 Å². The van der Waals surface area contributed by atoms with Gasteiger partial charge >= 0.3 is 0 Å². The minimum absolute atomic E-state index is 0.580. The lowest BCUT2D eigenvalue weighted by Crippen LogP contribution is -1.99. The van der Waals surface area contributed by atoms with Crippen LogP contribution in [-0.4, -0.2) is 4.98 Å². The molecular weight excluding hydrogens is 302 g/mol. The number of nitrogens with two attached hydrogens (primary N) is 1. The van der Waals surface area contributed by atoms with E-state index in [0.29, 0.717) is 16.5 Å². The molecule has 0 fully saturated rings. The largest absolute Gasteiger partial charge is 0.396 e. The smallest absolute Gasteiger partial charge is 0.153 e. The number of halogens is 2. The molecule has 3 nitrogen and oxygen atoms in total. The highest BCUT2D eigenvalue weighted by atomic mass is 79.9. The van der Waals surface area contributed by atoms with Crippen molar-refractivity contribution in [1.29, 1.82) is 0 Å². The predicted octanol–water partition coefficient (Wildman–Crippen LogP) is 4.13. The van der Waals surface area contributed by atoms with E-state index in [1.165, 1.54) is 0 Å². The summed E-state index contributed by atoms with van der Waals surface area (Å²) < 4.78 is 0.850. The Bertz CT molecular complexity index is 557. The van der Waals surface area contributed by atoms with Gasteiger partial charge in [-0.05, 0) is 46.6 Å². The van der Waals surface area contributed by atoms with Crippen LogP contribution in [0, 0.1) is 6.92 Å². The van der Waals surface area contributed by atoms with Gasteiger partial charge in [0, 0.05) is 21.4 Å². The summed E-state index contributed by atoms with van der Waals surface area (Å²) in [5, 5.41) is 3.84. The van der Waals surface area contributed by atoms with Gasteiger partial charge in [0.15, 0.2) is 5.82 Å². The van der Waals surface area contributed by atoms with Crippen molar-refractivity contribution in [2.75, 3.05) is 11.1 Å². The molecule has 0 atom stereocenters. The minimum atomic E-state index is 0.580. The van der Waals surface area contributed by atoms with Gasteiger partial charge in [-0.15, -0.1) is 0 Å². The Labute approximate surface area is 113 Å². The van der Waals surface area contributed by atoms with E-state index >= 15 is 0 Å². The molecule has 0 aliphatic carbocycles. The molecule has 0 unspecified atom stereocenters. The summed E-state index contributed by atoms with van der Waals surface area (Å²) >= 11 is 9.36. The van der Waals surface area contributed by atoms with Crippen LogP contribution < -0.4 is 11.1 Å². The second kappa shape index (κ2) is 4.94. The zero-order chi connectivity index (χ0) is 12.4. The van der Waals surface area contributed by atoms with Crippen molar-refractivity contribution in [2.24, 2.45) is 0 Å². The zero-order valence-electron chi connectivity index (χ0n) is 9.17. The van der Waals surface area contributed by atoms with E-state index in [4.69, 9.17) is 17.3 Å². The number of hydrogen-bond acceptors (Lipinski definition) is 3. The Morgan fingerprint density at radius 1 is 1.35 bits per heavy atom. The molecule has 1 heterocycles. The minimum Gasteiger partial charge on any atom is -0.396 e. The molecule has 1 aromatic carbocycles. The second-order valence-corrected chi connectivity index (χ2v) is 5.00. The molecule has 0 bridgehead atoms. The monoisotopic (exact) mass is 311 g/mol. The van der Waals surface area contributed by atoms with Gasteiger partial charge in [0.25, 0.3) is 0 Å². The summed E-state index contributed by atoms with van der Waals surface area (Å²) in [6.07, 6.45) is 1.69. The molecule has 17 heavy (non-hydrogen) atoms. The number of benzene rings is 1. The van der Waals surface area contributed by atoms with Gasteiger partial charge in [0.2, 0.25) is 0 Å². The van der Waals surface area contributed by atoms with Crippen molar-refractivity contribution in [2.45, 2.75) is 6.92 Å². The molecule has 0 radical (unpaired) electrons. The predicted molar refractivity (Wildman–Crippen MR) is 75.8 cm³/mol. The summed E-state index contributed by atoms with van der Waals surface area (Å²) in [4.78, 5) is 4.20. The Morgan fingerprint density at radius 3 is 2.76 bits per heavy atom. The van der Waals surface area contributed by atoms with Crippen LogP contribution in [0.25, 0.3) is 0 Å². The van der Waals surface area contributed by atoms with Crippen molar-refractivity contribution in [3.8, 4) is 0 Å². The van der Waals surface area contributed by atoms with Crippen molar-refractivity contribution in [3.05, 3.63) is 45.5 Å². The molecule has 1 aromatic heterocycles. The standard InChI is InChI=1S/C12H11BrClN3/c1-7-2-3-9(5-10(7)14)17-12-11(15)4-8(13)6-16-12/h2-6H,15H2,1H3,(H,16,17). The lowest BCUT2D eigenvalue weighted by atomic mass is 10.2. The van der Waals surface area contributed by atoms with E-state index in [-0.39, 0.29) is 0 Å². The van der Waals surface area contributed by atoms with Crippen molar-refractivity contribution in [1.82, 2.24) is 4.98 Å². The highest BCUT2D eigenvalue weighted by Crippen LogP contribution is 2.26. The quantitative estimate of drug-likeness (QED) is 0.876. The maximum Gasteiger partial charge on any atom is 0.153 e. The fourth-order valence-electron chi connectivity index (χ4n) is 1.37. The van der Waals surface area contributed by atoms with E-state index in [0.717, 1.165) is 15.7 Å².